The topological polar surface area (TPSA) is 41.5 Å². The van der Waals surface area contributed by atoms with E-state index in [9.17, 15) is 5.11 Å². The van der Waals surface area contributed by atoms with Crippen molar-refractivity contribution in [3.63, 3.8) is 0 Å². The van der Waals surface area contributed by atoms with Gasteiger partial charge >= 0.3 is 0 Å². The molecule has 0 bridgehead atoms. The van der Waals surface area contributed by atoms with E-state index < -0.39 is 0 Å². The minimum absolute atomic E-state index is 0.276. The summed E-state index contributed by atoms with van der Waals surface area (Å²) in [4.78, 5) is 0. The van der Waals surface area contributed by atoms with Gasteiger partial charge in [0, 0.05) is 6.54 Å². The van der Waals surface area contributed by atoms with Gasteiger partial charge in [0.1, 0.15) is 18.1 Å². The van der Waals surface area contributed by atoms with Gasteiger partial charge in [-0.2, -0.15) is 0 Å². The molecular weight excluding hydrogens is 406 g/mol. The number of hydrogen-bond donors (Lipinski definition) is 2. The number of unbranched alkanes of at least 4 members (excludes halogenated alkanes) is 3. The van der Waals surface area contributed by atoms with Gasteiger partial charge in [-0.05, 0) is 71.5 Å². The maximum absolute atomic E-state index is 9.80. The fourth-order valence-corrected chi connectivity index (χ4v) is 4.07. The Labute approximate surface area is 199 Å². The van der Waals surface area contributed by atoms with Crippen molar-refractivity contribution in [1.82, 2.24) is 5.32 Å². The molecule has 0 fully saturated rings. The third-order valence-corrected chi connectivity index (χ3v) is 5.83. The number of phenols is 1. The number of ether oxygens (including phenoxy) is 1. The molecule has 0 saturated heterocycles. The first-order valence-corrected chi connectivity index (χ1v) is 12.2. The molecule has 3 aromatic rings. The zero-order valence-electron chi connectivity index (χ0n) is 20.0. The molecule has 0 unspecified atom stereocenters. The van der Waals surface area contributed by atoms with Crippen LogP contribution >= 0.6 is 0 Å². The Kier molecular flexibility index (Phi) is 10.1. The molecule has 3 rings (SSSR count). The van der Waals surface area contributed by atoms with Crippen LogP contribution in [0.15, 0.2) is 78.9 Å². The minimum Gasteiger partial charge on any atom is -0.508 e. The van der Waals surface area contributed by atoms with E-state index in [4.69, 9.17) is 4.74 Å². The zero-order chi connectivity index (χ0) is 23.3. The molecule has 0 heterocycles. The van der Waals surface area contributed by atoms with Gasteiger partial charge in [-0.3, -0.25) is 0 Å². The van der Waals surface area contributed by atoms with Crippen LogP contribution in [0.2, 0.25) is 0 Å². The lowest BCUT2D eigenvalue weighted by Gasteiger charge is -2.17. The molecule has 0 radical (unpaired) electrons. The lowest BCUT2D eigenvalue weighted by atomic mass is 9.88. The van der Waals surface area contributed by atoms with Gasteiger partial charge in [0.25, 0.3) is 0 Å². The quantitative estimate of drug-likeness (QED) is 0.215. The predicted molar refractivity (Wildman–Crippen MR) is 140 cm³/mol. The summed E-state index contributed by atoms with van der Waals surface area (Å²) in [5.41, 5.74) is 5.91. The summed E-state index contributed by atoms with van der Waals surface area (Å²) in [7, 11) is 0. The van der Waals surface area contributed by atoms with Crippen LogP contribution in [0.25, 0.3) is 11.1 Å². The first-order valence-electron chi connectivity index (χ1n) is 12.2. The van der Waals surface area contributed by atoms with E-state index in [2.05, 4.69) is 67.7 Å². The Morgan fingerprint density at radius 1 is 0.727 bits per heavy atom. The molecule has 0 amide bonds. The fourth-order valence-electron chi connectivity index (χ4n) is 4.07. The van der Waals surface area contributed by atoms with E-state index in [0.717, 1.165) is 36.4 Å². The zero-order valence-corrected chi connectivity index (χ0v) is 20.0. The van der Waals surface area contributed by atoms with E-state index in [0.29, 0.717) is 6.61 Å². The van der Waals surface area contributed by atoms with Crippen LogP contribution in [0.1, 0.15) is 62.6 Å². The van der Waals surface area contributed by atoms with Crippen molar-refractivity contribution in [2.24, 2.45) is 0 Å². The van der Waals surface area contributed by atoms with Gasteiger partial charge in [-0.15, -0.1) is 0 Å². The molecule has 0 aliphatic rings. The van der Waals surface area contributed by atoms with Crippen molar-refractivity contribution < 1.29 is 9.84 Å². The van der Waals surface area contributed by atoms with Crippen LogP contribution in [0, 0.1) is 0 Å². The third kappa shape index (κ3) is 7.50. The normalized spacial score (nSPS) is 11.8. The summed E-state index contributed by atoms with van der Waals surface area (Å²) in [6.45, 7) is 7.01. The van der Waals surface area contributed by atoms with Gasteiger partial charge in [0.05, 0.1) is 0 Å². The smallest absolute Gasteiger partial charge is 0.119 e. The molecular formula is C30H37NO2. The molecule has 0 aliphatic heterocycles. The maximum atomic E-state index is 9.80. The van der Waals surface area contributed by atoms with Crippen molar-refractivity contribution in [3.8, 4) is 11.5 Å². The van der Waals surface area contributed by atoms with E-state index in [1.165, 1.54) is 42.4 Å². The Bertz CT molecular complexity index is 976. The minimum atomic E-state index is 0.276. The van der Waals surface area contributed by atoms with Gasteiger partial charge in [0.2, 0.25) is 0 Å². The van der Waals surface area contributed by atoms with Crippen molar-refractivity contribution >= 4 is 11.1 Å². The highest BCUT2D eigenvalue weighted by Crippen LogP contribution is 2.35. The van der Waals surface area contributed by atoms with E-state index in [-0.39, 0.29) is 5.75 Å². The van der Waals surface area contributed by atoms with Crippen molar-refractivity contribution in [1.29, 1.82) is 0 Å². The largest absolute Gasteiger partial charge is 0.508 e. The number of nitrogens with one attached hydrogen (secondary N) is 1. The third-order valence-electron chi connectivity index (χ3n) is 5.83. The molecule has 3 heteroatoms. The summed E-state index contributed by atoms with van der Waals surface area (Å²) in [6.07, 6.45) is 6.02. The highest BCUT2D eigenvalue weighted by molar-refractivity contribution is 5.98. The van der Waals surface area contributed by atoms with Crippen LogP contribution in [-0.2, 0) is 0 Å². The second-order valence-corrected chi connectivity index (χ2v) is 8.30. The average Bonchev–Trinajstić information content (AvgIpc) is 2.86. The number of hydrogen-bond acceptors (Lipinski definition) is 3. The van der Waals surface area contributed by atoms with Gasteiger partial charge in [-0.25, -0.2) is 0 Å². The Balaban J connectivity index is 1.74. The first kappa shape index (κ1) is 24.6. The number of allylic oxidation sites excluding steroid dienone is 1. The van der Waals surface area contributed by atoms with E-state index >= 15 is 0 Å². The second kappa shape index (κ2) is 13.5. The molecule has 0 spiro atoms. The number of rotatable bonds is 13. The van der Waals surface area contributed by atoms with Gasteiger partial charge in [0.15, 0.2) is 0 Å². The summed E-state index contributed by atoms with van der Waals surface area (Å²) < 4.78 is 5.95. The van der Waals surface area contributed by atoms with Crippen LogP contribution < -0.4 is 10.1 Å². The van der Waals surface area contributed by atoms with Crippen LogP contribution in [0.3, 0.4) is 0 Å². The average molecular weight is 444 g/mol. The Hall–Kier alpha value is -3.04. The second-order valence-electron chi connectivity index (χ2n) is 8.30. The molecule has 0 saturated carbocycles. The molecule has 3 aromatic carbocycles. The molecule has 174 valence electrons. The SMILES string of the molecule is CCCCCCNCCOc1ccc(/C(=C(\CC)c2ccccc2)c2ccc(O)cc2)cc1. The first-order chi connectivity index (χ1) is 16.2. The Morgan fingerprint density at radius 2 is 1.39 bits per heavy atom. The van der Waals surface area contributed by atoms with E-state index in [1.807, 2.05) is 18.2 Å². The summed E-state index contributed by atoms with van der Waals surface area (Å²) in [5, 5.41) is 13.3. The fraction of sp³-hybridized carbons (Fsp3) is 0.333. The number of aromatic hydroxyl groups is 1. The lowest BCUT2D eigenvalue weighted by molar-refractivity contribution is 0.313. The highest BCUT2D eigenvalue weighted by Gasteiger charge is 2.13. The Morgan fingerprint density at radius 3 is 2.03 bits per heavy atom. The van der Waals surface area contributed by atoms with Gasteiger partial charge in [-0.1, -0.05) is 87.7 Å². The highest BCUT2D eigenvalue weighted by atomic mass is 16.5. The van der Waals surface area contributed by atoms with Crippen LogP contribution in [0.4, 0.5) is 0 Å². The van der Waals surface area contributed by atoms with Crippen molar-refractivity contribution in [2.45, 2.75) is 46.0 Å². The monoisotopic (exact) mass is 443 g/mol. The van der Waals surface area contributed by atoms with E-state index in [1.54, 1.807) is 12.1 Å². The molecule has 0 atom stereocenters. The predicted octanol–water partition coefficient (Wildman–Crippen LogP) is 7.31. The molecule has 33 heavy (non-hydrogen) atoms. The molecule has 0 aromatic heterocycles. The number of benzene rings is 3. The summed E-state index contributed by atoms with van der Waals surface area (Å²) >= 11 is 0. The standard InChI is InChI=1S/C30H37NO2/c1-3-5-6-10-21-31-22-23-33-28-19-15-26(16-20-28)30(25-13-17-27(32)18-14-25)29(4-2)24-11-8-7-9-12-24/h7-9,11-20,31-32H,3-6,10,21-23H2,1-2H3/b30-29+. The van der Waals surface area contributed by atoms with Crippen LogP contribution in [-0.4, -0.2) is 24.8 Å². The maximum Gasteiger partial charge on any atom is 0.119 e. The lowest BCUT2D eigenvalue weighted by Crippen LogP contribution is -2.22. The molecule has 0 aliphatic carbocycles. The summed E-state index contributed by atoms with van der Waals surface area (Å²) in [5.74, 6) is 1.16. The summed E-state index contributed by atoms with van der Waals surface area (Å²) in [6, 6.07) is 26.4. The number of phenolic OH excluding ortho intramolecular Hbond substituents is 1. The molecule has 2 N–H and O–H groups in total. The van der Waals surface area contributed by atoms with Crippen molar-refractivity contribution in [2.75, 3.05) is 19.7 Å². The molecule has 3 nitrogen and oxygen atoms in total. The van der Waals surface area contributed by atoms with Crippen molar-refractivity contribution in [3.05, 3.63) is 95.6 Å². The van der Waals surface area contributed by atoms with Crippen LogP contribution in [0.5, 0.6) is 11.5 Å². The van der Waals surface area contributed by atoms with Gasteiger partial charge < -0.3 is 15.2 Å².